The minimum Gasteiger partial charge on any atom is -0.352 e. The average molecular weight is 393 g/mol. The number of nitrogens with zero attached hydrogens (tertiary/aromatic N) is 1. The van der Waals surface area contributed by atoms with Crippen molar-refractivity contribution in [2.45, 2.75) is 62.4 Å². The molecule has 3 aliphatic rings. The second kappa shape index (κ2) is 7.81. The Kier molecular flexibility index (Phi) is 5.46. The number of amides is 2. The van der Waals surface area contributed by atoms with Gasteiger partial charge < -0.3 is 10.2 Å². The molecule has 140 valence electrons. The van der Waals surface area contributed by atoms with Gasteiger partial charge in [0.25, 0.3) is 5.91 Å². The summed E-state index contributed by atoms with van der Waals surface area (Å²) >= 11 is 8.07. The van der Waals surface area contributed by atoms with E-state index in [1.54, 1.807) is 23.9 Å². The van der Waals surface area contributed by atoms with Crippen LogP contribution >= 0.6 is 23.4 Å². The Morgan fingerprint density at radius 3 is 2.50 bits per heavy atom. The van der Waals surface area contributed by atoms with E-state index in [0.29, 0.717) is 28.3 Å². The van der Waals surface area contributed by atoms with Gasteiger partial charge in [-0.3, -0.25) is 9.59 Å². The first-order valence-corrected chi connectivity index (χ1v) is 11.1. The first-order chi connectivity index (χ1) is 12.6. The molecule has 4 nitrogen and oxygen atoms in total. The lowest BCUT2D eigenvalue weighted by Crippen LogP contribution is -2.52. The molecule has 3 fully saturated rings. The molecule has 26 heavy (non-hydrogen) atoms. The summed E-state index contributed by atoms with van der Waals surface area (Å²) in [5, 5.41) is 3.63. The Morgan fingerprint density at radius 2 is 1.81 bits per heavy atom. The summed E-state index contributed by atoms with van der Waals surface area (Å²) in [4.78, 5) is 28.0. The number of thioether (sulfide) groups is 1. The highest BCUT2D eigenvalue weighted by molar-refractivity contribution is 8.00. The van der Waals surface area contributed by atoms with Gasteiger partial charge in [-0.2, -0.15) is 0 Å². The maximum atomic E-state index is 13.4. The van der Waals surface area contributed by atoms with Crippen LogP contribution in [0.4, 0.5) is 0 Å². The summed E-state index contributed by atoms with van der Waals surface area (Å²) in [6, 6.07) is 7.08. The van der Waals surface area contributed by atoms with Crippen molar-refractivity contribution in [3.63, 3.8) is 0 Å². The summed E-state index contributed by atoms with van der Waals surface area (Å²) in [5.74, 6) is 1.04. The third-order valence-electron chi connectivity index (χ3n) is 5.65. The number of rotatable bonds is 4. The largest absolute Gasteiger partial charge is 0.352 e. The van der Waals surface area contributed by atoms with Gasteiger partial charge >= 0.3 is 0 Å². The van der Waals surface area contributed by atoms with E-state index in [9.17, 15) is 9.59 Å². The number of carbonyl (C=O) groups excluding carboxylic acids is 2. The molecule has 2 amide bonds. The summed E-state index contributed by atoms with van der Waals surface area (Å²) in [6.07, 6.45) is 8.09. The molecule has 1 N–H and O–H groups in total. The zero-order chi connectivity index (χ0) is 18.1. The molecule has 1 heterocycles. The molecule has 1 aromatic carbocycles. The van der Waals surface area contributed by atoms with E-state index in [1.165, 1.54) is 19.3 Å². The highest BCUT2D eigenvalue weighted by Crippen LogP contribution is 2.41. The predicted molar refractivity (Wildman–Crippen MR) is 105 cm³/mol. The maximum Gasteiger partial charge on any atom is 0.256 e. The van der Waals surface area contributed by atoms with Gasteiger partial charge in [0.2, 0.25) is 5.91 Å². The van der Waals surface area contributed by atoms with Crippen LogP contribution in [0.3, 0.4) is 0 Å². The highest BCUT2D eigenvalue weighted by Gasteiger charge is 2.46. The molecule has 0 spiro atoms. The first-order valence-electron chi connectivity index (χ1n) is 9.64. The van der Waals surface area contributed by atoms with Gasteiger partial charge in [-0.1, -0.05) is 43.0 Å². The molecule has 1 saturated heterocycles. The van der Waals surface area contributed by atoms with Crippen molar-refractivity contribution in [1.82, 2.24) is 10.2 Å². The SMILES string of the molecule is O=C(NC1CC1)C1CSC(C2CCCCC2)N1C(=O)c1ccccc1Cl. The Bertz CT molecular complexity index is 688. The van der Waals surface area contributed by atoms with Gasteiger partial charge in [0, 0.05) is 11.8 Å². The van der Waals surface area contributed by atoms with Crippen LogP contribution in [0, 0.1) is 5.92 Å². The van der Waals surface area contributed by atoms with E-state index in [2.05, 4.69) is 5.32 Å². The summed E-state index contributed by atoms with van der Waals surface area (Å²) < 4.78 is 0. The normalized spacial score (nSPS) is 26.7. The molecule has 2 unspecified atom stereocenters. The summed E-state index contributed by atoms with van der Waals surface area (Å²) in [5.41, 5.74) is 0.502. The molecule has 1 aromatic rings. The topological polar surface area (TPSA) is 49.4 Å². The molecule has 2 aliphatic carbocycles. The molecular weight excluding hydrogens is 368 g/mol. The van der Waals surface area contributed by atoms with Crippen LogP contribution in [0.1, 0.15) is 55.3 Å². The lowest BCUT2D eigenvalue weighted by atomic mass is 9.88. The number of hydrogen-bond acceptors (Lipinski definition) is 3. The van der Waals surface area contributed by atoms with Gasteiger partial charge in [0.15, 0.2) is 0 Å². The number of carbonyl (C=O) groups is 2. The molecule has 0 bridgehead atoms. The van der Waals surface area contributed by atoms with Crippen LogP contribution in [0.2, 0.25) is 5.02 Å². The minimum absolute atomic E-state index is 0.00119. The second-order valence-corrected chi connectivity index (χ2v) is 9.17. The van der Waals surface area contributed by atoms with Crippen molar-refractivity contribution < 1.29 is 9.59 Å². The van der Waals surface area contributed by atoms with E-state index in [-0.39, 0.29) is 17.2 Å². The van der Waals surface area contributed by atoms with Crippen molar-refractivity contribution in [3.8, 4) is 0 Å². The monoisotopic (exact) mass is 392 g/mol. The fourth-order valence-electron chi connectivity index (χ4n) is 4.07. The first kappa shape index (κ1) is 18.2. The van der Waals surface area contributed by atoms with E-state index < -0.39 is 6.04 Å². The fraction of sp³-hybridized carbons (Fsp3) is 0.600. The molecular formula is C20H25ClN2O2S. The van der Waals surface area contributed by atoms with E-state index in [1.807, 2.05) is 17.0 Å². The quantitative estimate of drug-likeness (QED) is 0.839. The Balaban J connectivity index is 1.61. The second-order valence-electron chi connectivity index (χ2n) is 7.61. The maximum absolute atomic E-state index is 13.4. The van der Waals surface area contributed by atoms with Gasteiger partial charge in [-0.25, -0.2) is 0 Å². The molecule has 2 atom stereocenters. The summed E-state index contributed by atoms with van der Waals surface area (Å²) in [7, 11) is 0. The van der Waals surface area contributed by atoms with Crippen molar-refractivity contribution in [2.75, 3.05) is 5.75 Å². The number of halogens is 1. The van der Waals surface area contributed by atoms with Crippen LogP contribution in [0.15, 0.2) is 24.3 Å². The van der Waals surface area contributed by atoms with Gasteiger partial charge in [0.05, 0.1) is 16.0 Å². The zero-order valence-corrected chi connectivity index (χ0v) is 16.4. The van der Waals surface area contributed by atoms with E-state index in [4.69, 9.17) is 11.6 Å². The molecule has 2 saturated carbocycles. The minimum atomic E-state index is -0.392. The number of nitrogens with one attached hydrogen (secondary N) is 1. The van der Waals surface area contributed by atoms with Crippen molar-refractivity contribution >= 4 is 35.2 Å². The van der Waals surface area contributed by atoms with Crippen LogP contribution in [0.25, 0.3) is 0 Å². The molecule has 0 aromatic heterocycles. The van der Waals surface area contributed by atoms with E-state index in [0.717, 1.165) is 25.7 Å². The van der Waals surface area contributed by atoms with Crippen LogP contribution < -0.4 is 5.32 Å². The molecule has 1 aliphatic heterocycles. The lowest BCUT2D eigenvalue weighted by molar-refractivity contribution is -0.125. The van der Waals surface area contributed by atoms with Crippen LogP contribution in [0.5, 0.6) is 0 Å². The van der Waals surface area contributed by atoms with Gasteiger partial charge in [-0.05, 0) is 43.7 Å². The fourth-order valence-corrected chi connectivity index (χ4v) is 5.92. The van der Waals surface area contributed by atoms with Crippen molar-refractivity contribution in [2.24, 2.45) is 5.92 Å². The van der Waals surface area contributed by atoms with Crippen molar-refractivity contribution in [3.05, 3.63) is 34.9 Å². The smallest absolute Gasteiger partial charge is 0.256 e. The van der Waals surface area contributed by atoms with Gasteiger partial charge in [-0.15, -0.1) is 11.8 Å². The third-order valence-corrected chi connectivity index (χ3v) is 7.44. The molecule has 0 radical (unpaired) electrons. The van der Waals surface area contributed by atoms with Gasteiger partial charge in [0.1, 0.15) is 6.04 Å². The lowest BCUT2D eigenvalue weighted by Gasteiger charge is -2.35. The van der Waals surface area contributed by atoms with E-state index >= 15 is 0 Å². The van der Waals surface area contributed by atoms with Crippen LogP contribution in [-0.4, -0.2) is 39.9 Å². The number of hydrogen-bond donors (Lipinski definition) is 1. The predicted octanol–water partition coefficient (Wildman–Crippen LogP) is 4.08. The Morgan fingerprint density at radius 1 is 1.08 bits per heavy atom. The Labute approximate surface area is 164 Å². The number of benzene rings is 1. The standard InChI is InChI=1S/C20H25ClN2O2S/c21-16-9-5-4-8-15(16)19(25)23-17(18(24)22-14-10-11-14)12-26-20(23)13-6-2-1-3-7-13/h4-5,8-9,13-14,17,20H,1-3,6-7,10-12H2,(H,22,24). The molecule has 4 rings (SSSR count). The van der Waals surface area contributed by atoms with Crippen molar-refractivity contribution in [1.29, 1.82) is 0 Å². The summed E-state index contributed by atoms with van der Waals surface area (Å²) in [6.45, 7) is 0. The average Bonchev–Trinajstić information content (AvgIpc) is 3.36. The Hall–Kier alpha value is -1.20. The molecule has 6 heteroatoms. The van der Waals surface area contributed by atoms with Crippen LogP contribution in [-0.2, 0) is 4.79 Å². The highest BCUT2D eigenvalue weighted by atomic mass is 35.5. The zero-order valence-electron chi connectivity index (χ0n) is 14.8. The third kappa shape index (κ3) is 3.74.